The third-order valence-electron chi connectivity index (χ3n) is 4.88. The molecule has 0 aliphatic carbocycles. The van der Waals surface area contributed by atoms with Gasteiger partial charge < -0.3 is 10.6 Å². The lowest BCUT2D eigenvalue weighted by molar-refractivity contribution is -0.125. The maximum Gasteiger partial charge on any atom is 0.241 e. The highest BCUT2D eigenvalue weighted by Gasteiger charge is 2.32. The summed E-state index contributed by atoms with van der Waals surface area (Å²) < 4.78 is 0. The van der Waals surface area contributed by atoms with Gasteiger partial charge in [0, 0.05) is 5.02 Å². The second-order valence-corrected chi connectivity index (χ2v) is 7.79. The van der Waals surface area contributed by atoms with Gasteiger partial charge in [0.05, 0.1) is 29.3 Å². The molecular weight excluding hydrogens is 397 g/mol. The summed E-state index contributed by atoms with van der Waals surface area (Å²) in [6.45, 7) is 2.84. The second-order valence-electron chi connectivity index (χ2n) is 6.94. The number of anilines is 1. The molecule has 1 saturated heterocycles. The van der Waals surface area contributed by atoms with Crippen molar-refractivity contribution in [2.45, 2.75) is 31.8 Å². The first-order valence-corrected chi connectivity index (χ1v) is 10.0. The van der Waals surface area contributed by atoms with E-state index < -0.39 is 0 Å². The van der Waals surface area contributed by atoms with Gasteiger partial charge in [-0.05, 0) is 50.1 Å². The quantitative estimate of drug-likeness (QED) is 0.734. The van der Waals surface area contributed by atoms with Crippen molar-refractivity contribution < 1.29 is 9.59 Å². The molecule has 0 saturated carbocycles. The minimum Gasteiger partial charge on any atom is -0.348 e. The van der Waals surface area contributed by atoms with Crippen LogP contribution in [0.15, 0.2) is 48.5 Å². The van der Waals surface area contributed by atoms with Crippen molar-refractivity contribution in [3.05, 3.63) is 64.1 Å². The van der Waals surface area contributed by atoms with Crippen molar-refractivity contribution in [3.8, 4) is 0 Å². The van der Waals surface area contributed by atoms with Crippen molar-refractivity contribution >= 4 is 40.7 Å². The lowest BCUT2D eigenvalue weighted by Crippen LogP contribution is -2.45. The van der Waals surface area contributed by atoms with Crippen LogP contribution in [0.2, 0.25) is 10.0 Å². The standard InChI is InChI=1S/C21H23Cl2N3O2/c1-14(15-6-3-2-4-7-15)24-20(27)13-26-11-5-8-19(26)21(28)25-18-10-9-16(22)12-17(18)23/h2-4,6-7,9-10,12,14,19H,5,8,11,13H2,1H3,(H,24,27)(H,25,28). The molecule has 1 fully saturated rings. The highest BCUT2D eigenvalue weighted by atomic mass is 35.5. The molecule has 0 aromatic heterocycles. The lowest BCUT2D eigenvalue weighted by Gasteiger charge is -2.24. The van der Waals surface area contributed by atoms with Crippen molar-refractivity contribution in [3.63, 3.8) is 0 Å². The fourth-order valence-corrected chi connectivity index (χ4v) is 3.87. The molecule has 2 unspecified atom stereocenters. The monoisotopic (exact) mass is 419 g/mol. The highest BCUT2D eigenvalue weighted by Crippen LogP contribution is 2.27. The van der Waals surface area contributed by atoms with Crippen LogP contribution in [0.5, 0.6) is 0 Å². The van der Waals surface area contributed by atoms with Crippen LogP contribution in [0.1, 0.15) is 31.4 Å². The third kappa shape index (κ3) is 5.25. The Morgan fingerprint density at radius 3 is 2.64 bits per heavy atom. The van der Waals surface area contributed by atoms with E-state index in [1.165, 1.54) is 0 Å². The zero-order valence-electron chi connectivity index (χ0n) is 15.6. The number of nitrogens with one attached hydrogen (secondary N) is 2. The minimum absolute atomic E-state index is 0.0866. The summed E-state index contributed by atoms with van der Waals surface area (Å²) in [6.07, 6.45) is 1.58. The van der Waals surface area contributed by atoms with Crippen LogP contribution in [0, 0.1) is 0 Å². The van der Waals surface area contributed by atoms with Gasteiger partial charge in [0.1, 0.15) is 0 Å². The van der Waals surface area contributed by atoms with E-state index >= 15 is 0 Å². The summed E-state index contributed by atoms with van der Waals surface area (Å²) in [5, 5.41) is 6.74. The molecule has 7 heteroatoms. The number of carbonyl (C=O) groups excluding carboxylic acids is 2. The number of benzene rings is 2. The lowest BCUT2D eigenvalue weighted by atomic mass is 10.1. The zero-order valence-corrected chi connectivity index (χ0v) is 17.1. The highest BCUT2D eigenvalue weighted by molar-refractivity contribution is 6.36. The summed E-state index contributed by atoms with van der Waals surface area (Å²) in [5.41, 5.74) is 1.56. The molecule has 1 aliphatic rings. The van der Waals surface area contributed by atoms with Gasteiger partial charge in [0.25, 0.3) is 0 Å². The first-order valence-electron chi connectivity index (χ1n) is 9.28. The number of rotatable bonds is 6. The van der Waals surface area contributed by atoms with Crippen LogP contribution in [0.3, 0.4) is 0 Å². The minimum atomic E-state index is -0.357. The fraction of sp³-hybridized carbons (Fsp3) is 0.333. The van der Waals surface area contributed by atoms with Gasteiger partial charge in [-0.3, -0.25) is 14.5 Å². The summed E-state index contributed by atoms with van der Waals surface area (Å²) in [7, 11) is 0. The Hall–Kier alpha value is -2.08. The molecular formula is C21H23Cl2N3O2. The van der Waals surface area contributed by atoms with E-state index in [1.54, 1.807) is 18.2 Å². The Labute approximate surface area is 175 Å². The predicted octanol–water partition coefficient (Wildman–Crippen LogP) is 4.27. The largest absolute Gasteiger partial charge is 0.348 e. The molecule has 28 heavy (non-hydrogen) atoms. The predicted molar refractivity (Wildman–Crippen MR) is 113 cm³/mol. The van der Waals surface area contributed by atoms with Gasteiger partial charge in [-0.15, -0.1) is 0 Å². The maximum atomic E-state index is 12.7. The van der Waals surface area contributed by atoms with Gasteiger partial charge in [-0.25, -0.2) is 0 Å². The molecule has 3 rings (SSSR count). The number of amides is 2. The molecule has 2 amide bonds. The van der Waals surface area contributed by atoms with Crippen LogP contribution < -0.4 is 10.6 Å². The molecule has 2 aromatic rings. The van der Waals surface area contributed by atoms with Crippen molar-refractivity contribution in [2.24, 2.45) is 0 Å². The average molecular weight is 420 g/mol. The Kier molecular flexibility index (Phi) is 6.94. The topological polar surface area (TPSA) is 61.4 Å². The second kappa shape index (κ2) is 9.41. The molecule has 2 aromatic carbocycles. The number of hydrogen-bond donors (Lipinski definition) is 2. The van der Waals surface area contributed by atoms with E-state index in [0.717, 1.165) is 12.0 Å². The van der Waals surface area contributed by atoms with Gasteiger partial charge in [-0.2, -0.15) is 0 Å². The SMILES string of the molecule is CC(NC(=O)CN1CCCC1C(=O)Nc1ccc(Cl)cc1Cl)c1ccccc1. The van der Waals surface area contributed by atoms with E-state index in [0.29, 0.717) is 28.7 Å². The number of nitrogens with zero attached hydrogens (tertiary/aromatic N) is 1. The Morgan fingerprint density at radius 1 is 1.18 bits per heavy atom. The normalized spacial score (nSPS) is 17.9. The first-order chi connectivity index (χ1) is 13.4. The van der Waals surface area contributed by atoms with Crippen LogP contribution in [-0.2, 0) is 9.59 Å². The Morgan fingerprint density at radius 2 is 1.93 bits per heavy atom. The Balaban J connectivity index is 1.57. The molecule has 5 nitrogen and oxygen atoms in total. The van der Waals surface area contributed by atoms with Crippen molar-refractivity contribution in [2.75, 3.05) is 18.4 Å². The molecule has 2 N–H and O–H groups in total. The molecule has 148 valence electrons. The molecule has 0 spiro atoms. The van der Waals surface area contributed by atoms with Crippen LogP contribution in [0.4, 0.5) is 5.69 Å². The van der Waals surface area contributed by atoms with E-state index in [9.17, 15) is 9.59 Å². The number of carbonyl (C=O) groups is 2. The van der Waals surface area contributed by atoms with E-state index in [4.69, 9.17) is 23.2 Å². The molecule has 1 aliphatic heterocycles. The van der Waals surface area contributed by atoms with Gasteiger partial charge >= 0.3 is 0 Å². The van der Waals surface area contributed by atoms with Gasteiger partial charge in [-0.1, -0.05) is 53.5 Å². The summed E-state index contributed by atoms with van der Waals surface area (Å²) >= 11 is 12.0. The molecule has 0 bridgehead atoms. The number of likely N-dealkylation sites (tertiary alicyclic amines) is 1. The maximum absolute atomic E-state index is 12.7. The van der Waals surface area contributed by atoms with E-state index in [-0.39, 0.29) is 30.4 Å². The van der Waals surface area contributed by atoms with Crippen molar-refractivity contribution in [1.29, 1.82) is 0 Å². The zero-order chi connectivity index (χ0) is 20.1. The average Bonchev–Trinajstić information content (AvgIpc) is 3.12. The van der Waals surface area contributed by atoms with Gasteiger partial charge in [0.2, 0.25) is 11.8 Å². The summed E-state index contributed by atoms with van der Waals surface area (Å²) in [4.78, 5) is 27.1. The van der Waals surface area contributed by atoms with Crippen LogP contribution in [-0.4, -0.2) is 35.8 Å². The van der Waals surface area contributed by atoms with Crippen LogP contribution >= 0.6 is 23.2 Å². The Bertz CT molecular complexity index is 845. The first kappa shape index (κ1) is 20.6. The van der Waals surface area contributed by atoms with Crippen LogP contribution in [0.25, 0.3) is 0 Å². The summed E-state index contributed by atoms with van der Waals surface area (Å²) in [5.74, 6) is -0.258. The van der Waals surface area contributed by atoms with Gasteiger partial charge in [0.15, 0.2) is 0 Å². The number of hydrogen-bond acceptors (Lipinski definition) is 3. The van der Waals surface area contributed by atoms with E-state index in [1.807, 2.05) is 42.2 Å². The summed E-state index contributed by atoms with van der Waals surface area (Å²) in [6, 6.07) is 14.3. The third-order valence-corrected chi connectivity index (χ3v) is 5.43. The smallest absolute Gasteiger partial charge is 0.241 e. The molecule has 2 atom stereocenters. The van der Waals surface area contributed by atoms with Crippen molar-refractivity contribution in [1.82, 2.24) is 10.2 Å². The fourth-order valence-electron chi connectivity index (χ4n) is 3.42. The number of halogens is 2. The molecule has 0 radical (unpaired) electrons. The van der Waals surface area contributed by atoms with E-state index in [2.05, 4.69) is 10.6 Å². The molecule has 1 heterocycles.